The average molecular weight is 522 g/mol. The Labute approximate surface area is 207 Å². The summed E-state index contributed by atoms with van der Waals surface area (Å²) in [6, 6.07) is 11.6. The van der Waals surface area contributed by atoms with Crippen molar-refractivity contribution >= 4 is 44.6 Å². The molecule has 0 spiro atoms. The summed E-state index contributed by atoms with van der Waals surface area (Å²) in [4.78, 5) is 0. The number of hydrogen-bond acceptors (Lipinski definition) is 4. The molecule has 178 valence electrons. The molecule has 0 aliphatic rings. The van der Waals surface area contributed by atoms with Gasteiger partial charge in [-0.1, -0.05) is 63.0 Å². The highest BCUT2D eigenvalue weighted by Gasteiger charge is 2.26. The second-order valence-corrected chi connectivity index (χ2v) is 12.0. The number of halogens is 3. The van der Waals surface area contributed by atoms with Crippen molar-refractivity contribution < 1.29 is 17.9 Å². The molecule has 0 bridgehead atoms. The maximum atomic E-state index is 11.8. The number of alkyl halides is 1. The second-order valence-electron chi connectivity index (χ2n) is 8.42. The standard InChI is InChI=1S/C24H31Cl3O4S/c1-5-32(28,29)16-17(2)15-31-23-21(26)13-19(14-22(23)27)24(3,4)18-7-9-20(10-8-18)30-12-6-11-25/h7-10,13-14,17H,5-6,11-12,15-16H2,1-4H3. The van der Waals surface area contributed by atoms with Gasteiger partial charge in [0.05, 0.1) is 29.0 Å². The topological polar surface area (TPSA) is 52.6 Å². The van der Waals surface area contributed by atoms with E-state index in [-0.39, 0.29) is 29.4 Å². The summed E-state index contributed by atoms with van der Waals surface area (Å²) in [7, 11) is -3.07. The Bertz CT molecular complexity index is 966. The number of ether oxygens (including phenoxy) is 2. The fraction of sp³-hybridized carbons (Fsp3) is 0.500. The van der Waals surface area contributed by atoms with Crippen molar-refractivity contribution in [3.63, 3.8) is 0 Å². The minimum absolute atomic E-state index is 0.0649. The van der Waals surface area contributed by atoms with E-state index in [1.165, 1.54) is 0 Å². The van der Waals surface area contributed by atoms with Crippen LogP contribution < -0.4 is 9.47 Å². The van der Waals surface area contributed by atoms with Crippen molar-refractivity contribution in [2.45, 2.75) is 39.5 Å². The number of benzene rings is 2. The van der Waals surface area contributed by atoms with Crippen LogP contribution in [0.2, 0.25) is 10.0 Å². The summed E-state index contributed by atoms with van der Waals surface area (Å²) < 4.78 is 35.1. The summed E-state index contributed by atoms with van der Waals surface area (Å²) >= 11 is 18.7. The van der Waals surface area contributed by atoms with E-state index >= 15 is 0 Å². The predicted octanol–water partition coefficient (Wildman–Crippen LogP) is 6.78. The third kappa shape index (κ3) is 7.44. The van der Waals surface area contributed by atoms with E-state index in [2.05, 4.69) is 13.8 Å². The Morgan fingerprint density at radius 2 is 1.59 bits per heavy atom. The van der Waals surface area contributed by atoms with E-state index in [1.807, 2.05) is 43.3 Å². The summed E-state index contributed by atoms with van der Waals surface area (Å²) in [6.07, 6.45) is 0.799. The first-order valence-electron chi connectivity index (χ1n) is 10.6. The normalized spacial score (nSPS) is 13.1. The van der Waals surface area contributed by atoms with E-state index < -0.39 is 9.84 Å². The number of hydrogen-bond donors (Lipinski definition) is 0. The Morgan fingerprint density at radius 3 is 2.12 bits per heavy atom. The van der Waals surface area contributed by atoms with Crippen molar-refractivity contribution in [1.82, 2.24) is 0 Å². The van der Waals surface area contributed by atoms with Crippen LogP contribution in [0, 0.1) is 5.92 Å². The molecule has 0 aliphatic carbocycles. The molecule has 1 unspecified atom stereocenters. The highest BCUT2D eigenvalue weighted by Crippen LogP contribution is 2.40. The Morgan fingerprint density at radius 1 is 1.00 bits per heavy atom. The maximum absolute atomic E-state index is 11.8. The maximum Gasteiger partial charge on any atom is 0.156 e. The second kappa shape index (κ2) is 11.8. The Balaban J connectivity index is 2.15. The molecular weight excluding hydrogens is 491 g/mol. The lowest BCUT2D eigenvalue weighted by atomic mass is 9.78. The summed E-state index contributed by atoms with van der Waals surface area (Å²) in [5.74, 6) is 1.75. The molecule has 0 heterocycles. The highest BCUT2D eigenvalue weighted by atomic mass is 35.5. The Hall–Kier alpha value is -1.14. The molecule has 0 N–H and O–H groups in total. The molecule has 8 heteroatoms. The van der Waals surface area contributed by atoms with Crippen LogP contribution in [0.3, 0.4) is 0 Å². The molecule has 0 aromatic heterocycles. The fourth-order valence-corrected chi connectivity index (χ4v) is 5.17. The molecule has 1 atom stereocenters. The van der Waals surface area contributed by atoms with Crippen molar-refractivity contribution in [3.8, 4) is 11.5 Å². The lowest BCUT2D eigenvalue weighted by Gasteiger charge is -2.27. The molecule has 0 saturated carbocycles. The zero-order chi connectivity index (χ0) is 23.9. The zero-order valence-electron chi connectivity index (χ0n) is 19.0. The van der Waals surface area contributed by atoms with Gasteiger partial charge in [0.25, 0.3) is 0 Å². The molecule has 0 aliphatic heterocycles. The van der Waals surface area contributed by atoms with Crippen LogP contribution in [0.4, 0.5) is 0 Å². The fourth-order valence-electron chi connectivity index (χ4n) is 3.26. The minimum atomic E-state index is -3.07. The molecule has 0 amide bonds. The summed E-state index contributed by atoms with van der Waals surface area (Å²) in [5.41, 5.74) is 1.67. The van der Waals surface area contributed by atoms with Gasteiger partial charge in [0.1, 0.15) is 15.6 Å². The monoisotopic (exact) mass is 520 g/mol. The molecule has 2 rings (SSSR count). The zero-order valence-corrected chi connectivity index (χ0v) is 22.0. The predicted molar refractivity (Wildman–Crippen MR) is 135 cm³/mol. The molecular formula is C24H31Cl3O4S. The van der Waals surface area contributed by atoms with Crippen LogP contribution in [0.15, 0.2) is 36.4 Å². The van der Waals surface area contributed by atoms with Crippen molar-refractivity contribution in [3.05, 3.63) is 57.6 Å². The van der Waals surface area contributed by atoms with Crippen molar-refractivity contribution in [1.29, 1.82) is 0 Å². The van der Waals surface area contributed by atoms with Crippen LogP contribution in [-0.4, -0.2) is 39.0 Å². The molecule has 4 nitrogen and oxygen atoms in total. The van der Waals surface area contributed by atoms with E-state index in [0.29, 0.717) is 28.3 Å². The first-order valence-corrected chi connectivity index (χ1v) is 13.7. The molecule has 0 saturated heterocycles. The van der Waals surface area contributed by atoms with Gasteiger partial charge in [-0.3, -0.25) is 0 Å². The molecule has 0 fully saturated rings. The SMILES string of the molecule is CCS(=O)(=O)CC(C)COc1c(Cl)cc(C(C)(C)c2ccc(OCCCCl)cc2)cc1Cl. The average Bonchev–Trinajstić information content (AvgIpc) is 2.73. The van der Waals surface area contributed by atoms with Crippen LogP contribution in [0.25, 0.3) is 0 Å². The van der Waals surface area contributed by atoms with Crippen LogP contribution in [0.1, 0.15) is 45.2 Å². The third-order valence-corrected chi connectivity index (χ3v) is 8.12. The van der Waals surface area contributed by atoms with Crippen molar-refractivity contribution in [2.75, 3.05) is 30.6 Å². The van der Waals surface area contributed by atoms with E-state index in [9.17, 15) is 8.42 Å². The Kier molecular flexibility index (Phi) is 10.0. The van der Waals surface area contributed by atoms with Crippen LogP contribution in [-0.2, 0) is 15.3 Å². The minimum Gasteiger partial charge on any atom is -0.494 e. The smallest absolute Gasteiger partial charge is 0.156 e. The van der Waals surface area contributed by atoms with Gasteiger partial charge in [-0.05, 0) is 41.8 Å². The number of rotatable bonds is 12. The van der Waals surface area contributed by atoms with Gasteiger partial charge in [-0.15, -0.1) is 11.6 Å². The van der Waals surface area contributed by atoms with E-state index in [4.69, 9.17) is 44.3 Å². The summed E-state index contributed by atoms with van der Waals surface area (Å²) in [5, 5.41) is 0.791. The van der Waals surface area contributed by atoms with E-state index in [1.54, 1.807) is 6.92 Å². The third-order valence-electron chi connectivity index (χ3n) is 5.33. The van der Waals surface area contributed by atoms with Gasteiger partial charge < -0.3 is 9.47 Å². The van der Waals surface area contributed by atoms with Gasteiger partial charge in [-0.2, -0.15) is 0 Å². The largest absolute Gasteiger partial charge is 0.494 e. The van der Waals surface area contributed by atoms with E-state index in [0.717, 1.165) is 23.3 Å². The van der Waals surface area contributed by atoms with Crippen LogP contribution in [0.5, 0.6) is 11.5 Å². The van der Waals surface area contributed by atoms with Gasteiger partial charge in [0.15, 0.2) is 5.75 Å². The molecule has 2 aromatic rings. The lowest BCUT2D eigenvalue weighted by Crippen LogP contribution is -2.21. The quantitative estimate of drug-likeness (QED) is 0.228. The van der Waals surface area contributed by atoms with Crippen molar-refractivity contribution in [2.24, 2.45) is 5.92 Å². The highest BCUT2D eigenvalue weighted by molar-refractivity contribution is 7.91. The number of sulfone groups is 1. The lowest BCUT2D eigenvalue weighted by molar-refractivity contribution is 0.272. The molecule has 2 aromatic carbocycles. The molecule has 32 heavy (non-hydrogen) atoms. The van der Waals surface area contributed by atoms with Gasteiger partial charge in [-0.25, -0.2) is 8.42 Å². The molecule has 0 radical (unpaired) electrons. The van der Waals surface area contributed by atoms with Gasteiger partial charge in [0, 0.05) is 23.0 Å². The van der Waals surface area contributed by atoms with Crippen LogP contribution >= 0.6 is 34.8 Å². The first-order chi connectivity index (χ1) is 15.0. The van der Waals surface area contributed by atoms with Gasteiger partial charge in [0.2, 0.25) is 0 Å². The summed E-state index contributed by atoms with van der Waals surface area (Å²) in [6.45, 7) is 8.45. The van der Waals surface area contributed by atoms with Gasteiger partial charge >= 0.3 is 0 Å². The first kappa shape index (κ1) is 27.1.